The van der Waals surface area contributed by atoms with Crippen LogP contribution < -0.4 is 16.6 Å². The van der Waals surface area contributed by atoms with Crippen molar-refractivity contribution < 1.29 is 4.79 Å². The summed E-state index contributed by atoms with van der Waals surface area (Å²) < 4.78 is 0. The molecular weight excluding hydrogens is 282 g/mol. The number of nitrogen functional groups attached to an aromatic ring is 1. The fourth-order valence-electron chi connectivity index (χ4n) is 1.71. The Hall–Kier alpha value is -1.56. The molecule has 0 aliphatic heterocycles. The van der Waals surface area contributed by atoms with Crippen molar-refractivity contribution in [3.63, 3.8) is 0 Å². The molecule has 2 rings (SSSR count). The van der Waals surface area contributed by atoms with Gasteiger partial charge in [-0.05, 0) is 47.5 Å². The lowest BCUT2D eigenvalue weighted by Crippen LogP contribution is -2.27. The number of anilines is 1. The number of rotatable bonds is 4. The molecule has 0 spiro atoms. The van der Waals surface area contributed by atoms with Gasteiger partial charge in [0.1, 0.15) is 0 Å². The largest absolute Gasteiger partial charge is 0.345 e. The highest BCUT2D eigenvalue weighted by molar-refractivity contribution is 7.07. The number of nitrogens with two attached hydrogens (primary N) is 1. The Bertz CT molecular complexity index is 571. The molecule has 4 nitrogen and oxygen atoms in total. The van der Waals surface area contributed by atoms with Crippen molar-refractivity contribution in [3.8, 4) is 0 Å². The zero-order valence-corrected chi connectivity index (χ0v) is 11.9. The Balaban J connectivity index is 2.18. The van der Waals surface area contributed by atoms with E-state index in [9.17, 15) is 4.79 Å². The summed E-state index contributed by atoms with van der Waals surface area (Å²) in [6, 6.07) is 6.85. The topological polar surface area (TPSA) is 67.2 Å². The Kier molecular flexibility index (Phi) is 4.42. The average molecular weight is 296 g/mol. The number of amides is 1. The van der Waals surface area contributed by atoms with E-state index in [0.29, 0.717) is 16.3 Å². The predicted molar refractivity (Wildman–Crippen MR) is 79.5 cm³/mol. The number of halogens is 1. The van der Waals surface area contributed by atoms with E-state index in [1.165, 1.54) is 0 Å². The average Bonchev–Trinajstić information content (AvgIpc) is 2.92. The van der Waals surface area contributed by atoms with Crippen molar-refractivity contribution >= 4 is 34.5 Å². The molecule has 4 N–H and O–H groups in total. The highest BCUT2D eigenvalue weighted by Gasteiger charge is 2.15. The first-order valence-electron chi connectivity index (χ1n) is 5.71. The lowest BCUT2D eigenvalue weighted by molar-refractivity contribution is 0.0940. The van der Waals surface area contributed by atoms with Gasteiger partial charge in [-0.1, -0.05) is 11.6 Å². The van der Waals surface area contributed by atoms with Gasteiger partial charge in [-0.2, -0.15) is 11.3 Å². The Morgan fingerprint density at radius 1 is 1.42 bits per heavy atom. The van der Waals surface area contributed by atoms with Gasteiger partial charge < -0.3 is 10.7 Å². The zero-order chi connectivity index (χ0) is 13.8. The quantitative estimate of drug-likeness (QED) is 0.599. The van der Waals surface area contributed by atoms with Crippen LogP contribution in [-0.2, 0) is 0 Å². The molecule has 0 saturated carbocycles. The Labute approximate surface area is 120 Å². The van der Waals surface area contributed by atoms with Crippen LogP contribution in [0.1, 0.15) is 28.9 Å². The molecule has 0 aliphatic rings. The number of carbonyl (C=O) groups excluding carboxylic acids is 1. The van der Waals surface area contributed by atoms with Gasteiger partial charge in [-0.25, -0.2) is 0 Å². The first-order valence-corrected chi connectivity index (χ1v) is 7.03. The molecule has 1 atom stereocenters. The van der Waals surface area contributed by atoms with E-state index in [2.05, 4.69) is 10.7 Å². The van der Waals surface area contributed by atoms with Gasteiger partial charge >= 0.3 is 0 Å². The number of hydrazine groups is 1. The second kappa shape index (κ2) is 6.06. The minimum Gasteiger partial charge on any atom is -0.345 e. The Morgan fingerprint density at radius 2 is 2.21 bits per heavy atom. The van der Waals surface area contributed by atoms with Crippen molar-refractivity contribution in [2.45, 2.75) is 13.0 Å². The van der Waals surface area contributed by atoms with Gasteiger partial charge in [0.15, 0.2) is 0 Å². The van der Waals surface area contributed by atoms with Crippen LogP contribution in [-0.4, -0.2) is 5.91 Å². The van der Waals surface area contributed by atoms with E-state index in [4.69, 9.17) is 17.4 Å². The molecule has 0 saturated heterocycles. The van der Waals surface area contributed by atoms with E-state index in [-0.39, 0.29) is 11.9 Å². The van der Waals surface area contributed by atoms with Crippen LogP contribution in [0, 0.1) is 0 Å². The highest BCUT2D eigenvalue weighted by Crippen LogP contribution is 2.22. The summed E-state index contributed by atoms with van der Waals surface area (Å²) in [4.78, 5) is 12.2. The summed E-state index contributed by atoms with van der Waals surface area (Å²) in [5, 5.41) is 7.39. The fourth-order valence-corrected chi connectivity index (χ4v) is 2.64. The molecule has 100 valence electrons. The van der Waals surface area contributed by atoms with Gasteiger partial charge in [-0.3, -0.25) is 10.6 Å². The Morgan fingerprint density at radius 3 is 2.84 bits per heavy atom. The van der Waals surface area contributed by atoms with Gasteiger partial charge in [0.25, 0.3) is 5.91 Å². The van der Waals surface area contributed by atoms with Crippen molar-refractivity contribution in [1.29, 1.82) is 0 Å². The first-order chi connectivity index (χ1) is 9.11. The van der Waals surface area contributed by atoms with Crippen LogP contribution >= 0.6 is 22.9 Å². The molecule has 1 aromatic carbocycles. The lowest BCUT2D eigenvalue weighted by atomic mass is 10.1. The monoisotopic (exact) mass is 295 g/mol. The van der Waals surface area contributed by atoms with Gasteiger partial charge in [-0.15, -0.1) is 0 Å². The molecule has 1 amide bonds. The van der Waals surface area contributed by atoms with Crippen molar-refractivity contribution in [2.24, 2.45) is 5.84 Å². The number of thiophene rings is 1. The third kappa shape index (κ3) is 3.26. The molecule has 1 unspecified atom stereocenters. The van der Waals surface area contributed by atoms with Crippen molar-refractivity contribution in [3.05, 3.63) is 51.2 Å². The number of nitrogens with one attached hydrogen (secondary N) is 2. The summed E-state index contributed by atoms with van der Waals surface area (Å²) in [6.45, 7) is 1.93. The summed E-state index contributed by atoms with van der Waals surface area (Å²) >= 11 is 7.50. The molecule has 6 heteroatoms. The molecule has 2 aromatic rings. The second-order valence-electron chi connectivity index (χ2n) is 4.09. The van der Waals surface area contributed by atoms with Crippen LogP contribution in [0.15, 0.2) is 35.0 Å². The SMILES string of the molecule is CC(NC(=O)c1cc(Cl)ccc1NN)c1ccsc1. The van der Waals surface area contributed by atoms with Gasteiger partial charge in [0.2, 0.25) is 0 Å². The summed E-state index contributed by atoms with van der Waals surface area (Å²) in [7, 11) is 0. The van der Waals surface area contributed by atoms with Crippen molar-refractivity contribution in [2.75, 3.05) is 5.43 Å². The second-order valence-corrected chi connectivity index (χ2v) is 5.30. The van der Waals surface area contributed by atoms with Crippen LogP contribution in [0.2, 0.25) is 5.02 Å². The number of hydrogen-bond donors (Lipinski definition) is 3. The summed E-state index contributed by atoms with van der Waals surface area (Å²) in [5.74, 6) is 5.18. The maximum absolute atomic E-state index is 12.2. The molecule has 1 aromatic heterocycles. The predicted octanol–water partition coefficient (Wildman–Crippen LogP) is 3.18. The van der Waals surface area contributed by atoms with E-state index in [1.54, 1.807) is 29.5 Å². The van der Waals surface area contributed by atoms with E-state index >= 15 is 0 Å². The molecule has 19 heavy (non-hydrogen) atoms. The van der Waals surface area contributed by atoms with E-state index in [0.717, 1.165) is 5.56 Å². The fraction of sp³-hybridized carbons (Fsp3) is 0.154. The standard InChI is InChI=1S/C13H14ClN3OS/c1-8(9-4-5-19-7-9)16-13(18)11-6-10(14)2-3-12(11)17-15/h2-8,17H,15H2,1H3,(H,16,18). The molecule has 0 bridgehead atoms. The smallest absolute Gasteiger partial charge is 0.253 e. The van der Waals surface area contributed by atoms with Crippen LogP contribution in [0.3, 0.4) is 0 Å². The minimum absolute atomic E-state index is 0.0663. The van der Waals surface area contributed by atoms with Crippen LogP contribution in [0.4, 0.5) is 5.69 Å². The molecular formula is C13H14ClN3OS. The third-order valence-electron chi connectivity index (χ3n) is 2.77. The summed E-state index contributed by atoms with van der Waals surface area (Å²) in [6.07, 6.45) is 0. The van der Waals surface area contributed by atoms with Crippen LogP contribution in [0.5, 0.6) is 0 Å². The minimum atomic E-state index is -0.214. The number of carbonyl (C=O) groups is 1. The highest BCUT2D eigenvalue weighted by atomic mass is 35.5. The van der Waals surface area contributed by atoms with E-state index < -0.39 is 0 Å². The molecule has 0 radical (unpaired) electrons. The molecule has 1 heterocycles. The van der Waals surface area contributed by atoms with E-state index in [1.807, 2.05) is 23.8 Å². The van der Waals surface area contributed by atoms with Gasteiger partial charge in [0.05, 0.1) is 17.3 Å². The van der Waals surface area contributed by atoms with Gasteiger partial charge in [0, 0.05) is 5.02 Å². The normalized spacial score (nSPS) is 11.9. The molecule has 0 fully saturated rings. The summed E-state index contributed by atoms with van der Waals surface area (Å²) in [5.41, 5.74) is 4.54. The maximum Gasteiger partial charge on any atom is 0.253 e. The zero-order valence-electron chi connectivity index (χ0n) is 10.3. The van der Waals surface area contributed by atoms with Crippen LogP contribution in [0.25, 0.3) is 0 Å². The number of benzene rings is 1. The maximum atomic E-state index is 12.2. The first kappa shape index (κ1) is 13.9. The lowest BCUT2D eigenvalue weighted by Gasteiger charge is -2.15. The third-order valence-corrected chi connectivity index (χ3v) is 3.71. The van der Waals surface area contributed by atoms with Crippen molar-refractivity contribution in [1.82, 2.24) is 5.32 Å². The number of hydrogen-bond acceptors (Lipinski definition) is 4. The molecule has 0 aliphatic carbocycles.